The van der Waals surface area contributed by atoms with Crippen LogP contribution in [0.2, 0.25) is 0 Å². The molecule has 6 nitrogen and oxygen atoms in total. The molecule has 0 saturated heterocycles. The van der Waals surface area contributed by atoms with Crippen LogP contribution in [0.15, 0.2) is 18.7 Å². The molecule has 1 atom stereocenters. The van der Waals surface area contributed by atoms with Crippen LogP contribution >= 0.6 is 0 Å². The second-order valence-electron chi connectivity index (χ2n) is 9.26. The van der Waals surface area contributed by atoms with Crippen LogP contribution in [0.5, 0.6) is 0 Å². The first kappa shape index (κ1) is 29.2. The number of hydrogen-bond donors (Lipinski definition) is 0. The Morgan fingerprint density at radius 1 is 0.818 bits per heavy atom. The third-order valence-electron chi connectivity index (χ3n) is 6.18. The topological polar surface area (TPSA) is 70.4 Å². The zero-order chi connectivity index (χ0) is 24.2. The molecule has 0 amide bonds. The van der Waals surface area contributed by atoms with Gasteiger partial charge in [0, 0.05) is 18.8 Å². The molecule has 0 aliphatic carbocycles. The molecule has 0 radical (unpaired) electrons. The highest BCUT2D eigenvalue weighted by Gasteiger charge is 2.17. The van der Waals surface area contributed by atoms with Gasteiger partial charge in [-0.05, 0) is 44.4 Å². The SMILES string of the molecule is CCCCCCC(CCCC(=O)OCC(CCCCC)CCCCC)OC(=O)n1ccnc1. The van der Waals surface area contributed by atoms with Gasteiger partial charge >= 0.3 is 12.1 Å². The van der Waals surface area contributed by atoms with E-state index < -0.39 is 6.09 Å². The van der Waals surface area contributed by atoms with Gasteiger partial charge in [-0.2, -0.15) is 0 Å². The summed E-state index contributed by atoms with van der Waals surface area (Å²) in [5, 5.41) is 0. The number of esters is 1. The Bertz CT molecular complexity index is 593. The van der Waals surface area contributed by atoms with Crippen LogP contribution < -0.4 is 0 Å². The maximum absolute atomic E-state index is 12.4. The summed E-state index contributed by atoms with van der Waals surface area (Å²) in [5.74, 6) is 0.353. The summed E-state index contributed by atoms with van der Waals surface area (Å²) in [5.41, 5.74) is 0. The number of aromatic nitrogens is 2. The lowest BCUT2D eigenvalue weighted by atomic mass is 9.96. The average Bonchev–Trinajstić information content (AvgIpc) is 3.35. The Kier molecular flexibility index (Phi) is 17.3. The van der Waals surface area contributed by atoms with Gasteiger partial charge in [0.05, 0.1) is 6.61 Å². The van der Waals surface area contributed by atoms with Crippen molar-refractivity contribution in [1.82, 2.24) is 9.55 Å². The fraction of sp³-hybridized carbons (Fsp3) is 0.815. The predicted molar refractivity (Wildman–Crippen MR) is 133 cm³/mol. The zero-order valence-corrected chi connectivity index (χ0v) is 21.4. The molecule has 0 saturated carbocycles. The number of unbranched alkanes of at least 4 members (excludes halogenated alkanes) is 7. The van der Waals surface area contributed by atoms with E-state index in [1.807, 2.05) is 0 Å². The number of rotatable bonds is 20. The summed E-state index contributed by atoms with van der Waals surface area (Å²) in [4.78, 5) is 28.6. The second kappa shape index (κ2) is 19.6. The fourth-order valence-electron chi connectivity index (χ4n) is 4.07. The lowest BCUT2D eigenvalue weighted by Crippen LogP contribution is -2.22. The third kappa shape index (κ3) is 14.8. The summed E-state index contributed by atoms with van der Waals surface area (Å²) in [6.45, 7) is 7.16. The van der Waals surface area contributed by atoms with E-state index in [9.17, 15) is 9.59 Å². The van der Waals surface area contributed by atoms with Crippen LogP contribution in [-0.4, -0.2) is 34.3 Å². The molecule has 33 heavy (non-hydrogen) atoms. The molecule has 1 rings (SSSR count). The van der Waals surface area contributed by atoms with Crippen molar-refractivity contribution in [3.05, 3.63) is 18.7 Å². The van der Waals surface area contributed by atoms with Crippen molar-refractivity contribution in [2.24, 2.45) is 5.92 Å². The minimum Gasteiger partial charge on any atom is -0.465 e. The minimum atomic E-state index is -0.405. The van der Waals surface area contributed by atoms with E-state index in [0.717, 1.165) is 32.1 Å². The van der Waals surface area contributed by atoms with E-state index in [1.165, 1.54) is 62.3 Å². The van der Waals surface area contributed by atoms with Crippen molar-refractivity contribution in [2.75, 3.05) is 6.61 Å². The molecule has 0 aromatic carbocycles. The lowest BCUT2D eigenvalue weighted by molar-refractivity contribution is -0.145. The standard InChI is InChI=1S/C27H48N2O4/c1-4-7-10-13-17-25(33-27(31)29-21-20-28-23-29)18-14-19-26(30)32-22-24(15-11-8-5-2)16-12-9-6-3/h20-21,23-25H,4-19,22H2,1-3H3. The molecule has 6 heteroatoms. The van der Waals surface area contributed by atoms with E-state index in [4.69, 9.17) is 9.47 Å². The van der Waals surface area contributed by atoms with Crippen molar-refractivity contribution in [3.63, 3.8) is 0 Å². The summed E-state index contributed by atoms with van der Waals surface area (Å²) < 4.78 is 12.7. The number of imidazole rings is 1. The van der Waals surface area contributed by atoms with Crippen LogP contribution in [-0.2, 0) is 14.3 Å². The smallest absolute Gasteiger partial charge is 0.419 e. The number of hydrogen-bond acceptors (Lipinski definition) is 5. The van der Waals surface area contributed by atoms with Crippen LogP contribution in [0.4, 0.5) is 4.79 Å². The van der Waals surface area contributed by atoms with Crippen molar-refractivity contribution in [3.8, 4) is 0 Å². The molecule has 1 heterocycles. The number of carbonyl (C=O) groups is 2. The Morgan fingerprint density at radius 2 is 1.42 bits per heavy atom. The summed E-state index contributed by atoms with van der Waals surface area (Å²) in [7, 11) is 0. The highest BCUT2D eigenvalue weighted by Crippen LogP contribution is 2.19. The van der Waals surface area contributed by atoms with Gasteiger partial charge in [-0.15, -0.1) is 0 Å². The van der Waals surface area contributed by atoms with Crippen LogP contribution in [0.1, 0.15) is 124 Å². The normalized spacial score (nSPS) is 12.1. The van der Waals surface area contributed by atoms with Crippen molar-refractivity contribution in [1.29, 1.82) is 0 Å². The summed E-state index contributed by atoms with van der Waals surface area (Å²) in [6.07, 6.45) is 20.7. The minimum absolute atomic E-state index is 0.128. The van der Waals surface area contributed by atoms with Gasteiger partial charge in [0.15, 0.2) is 0 Å². The van der Waals surface area contributed by atoms with Gasteiger partial charge in [-0.1, -0.05) is 78.6 Å². The van der Waals surface area contributed by atoms with Crippen LogP contribution in [0.25, 0.3) is 0 Å². The molecule has 0 fully saturated rings. The summed E-state index contributed by atoms with van der Waals surface area (Å²) >= 11 is 0. The van der Waals surface area contributed by atoms with Gasteiger partial charge in [0.2, 0.25) is 0 Å². The van der Waals surface area contributed by atoms with E-state index in [2.05, 4.69) is 25.8 Å². The lowest BCUT2D eigenvalue weighted by Gasteiger charge is -2.19. The van der Waals surface area contributed by atoms with E-state index in [-0.39, 0.29) is 12.1 Å². The van der Waals surface area contributed by atoms with Gasteiger partial charge in [-0.25, -0.2) is 14.3 Å². The molecule has 0 bridgehead atoms. The molecule has 190 valence electrons. The molecule has 0 spiro atoms. The maximum Gasteiger partial charge on any atom is 0.419 e. The molecular weight excluding hydrogens is 416 g/mol. The highest BCUT2D eigenvalue weighted by molar-refractivity contribution is 5.70. The fourth-order valence-corrected chi connectivity index (χ4v) is 4.07. The molecule has 0 aliphatic rings. The van der Waals surface area contributed by atoms with Crippen molar-refractivity contribution >= 4 is 12.1 Å². The molecule has 0 aliphatic heterocycles. The second-order valence-corrected chi connectivity index (χ2v) is 9.26. The van der Waals surface area contributed by atoms with Crippen molar-refractivity contribution < 1.29 is 19.1 Å². The largest absolute Gasteiger partial charge is 0.465 e. The van der Waals surface area contributed by atoms with E-state index >= 15 is 0 Å². The Labute approximate surface area is 201 Å². The molecule has 1 aromatic heterocycles. The van der Waals surface area contributed by atoms with Gasteiger partial charge < -0.3 is 9.47 Å². The average molecular weight is 465 g/mol. The van der Waals surface area contributed by atoms with Gasteiger partial charge in [-0.3, -0.25) is 4.79 Å². The Hall–Kier alpha value is -1.85. The first-order chi connectivity index (χ1) is 16.1. The third-order valence-corrected chi connectivity index (χ3v) is 6.18. The number of nitrogens with zero attached hydrogens (tertiary/aromatic N) is 2. The Balaban J connectivity index is 2.40. The predicted octanol–water partition coefficient (Wildman–Crippen LogP) is 7.70. The van der Waals surface area contributed by atoms with E-state index in [0.29, 0.717) is 31.8 Å². The van der Waals surface area contributed by atoms with Gasteiger partial charge in [0.25, 0.3) is 0 Å². The quantitative estimate of drug-likeness (QED) is 0.146. The monoisotopic (exact) mass is 464 g/mol. The van der Waals surface area contributed by atoms with Crippen LogP contribution in [0.3, 0.4) is 0 Å². The molecule has 0 N–H and O–H groups in total. The van der Waals surface area contributed by atoms with Crippen molar-refractivity contribution in [2.45, 2.75) is 130 Å². The molecular formula is C27H48N2O4. The summed E-state index contributed by atoms with van der Waals surface area (Å²) in [6, 6.07) is 0. The first-order valence-corrected chi connectivity index (χ1v) is 13.4. The van der Waals surface area contributed by atoms with Gasteiger partial charge in [0.1, 0.15) is 12.4 Å². The Morgan fingerprint density at radius 3 is 2.03 bits per heavy atom. The van der Waals surface area contributed by atoms with E-state index in [1.54, 1.807) is 12.4 Å². The first-order valence-electron chi connectivity index (χ1n) is 13.4. The zero-order valence-electron chi connectivity index (χ0n) is 21.4. The highest BCUT2D eigenvalue weighted by atomic mass is 16.6. The maximum atomic E-state index is 12.4. The molecule has 1 aromatic rings. The number of ether oxygens (including phenoxy) is 2. The molecule has 1 unspecified atom stereocenters. The van der Waals surface area contributed by atoms with Crippen LogP contribution in [0, 0.1) is 5.92 Å². The number of carbonyl (C=O) groups excluding carboxylic acids is 2.